The highest BCUT2D eigenvalue weighted by atomic mass is 127. The fourth-order valence-electron chi connectivity index (χ4n) is 1.54. The Morgan fingerprint density at radius 3 is 2.79 bits per heavy atom. The van der Waals surface area contributed by atoms with E-state index in [9.17, 15) is 0 Å². The van der Waals surface area contributed by atoms with E-state index in [1.807, 2.05) is 5.38 Å². The molecule has 2 rings (SSSR count). The summed E-state index contributed by atoms with van der Waals surface area (Å²) in [6, 6.07) is 4.41. The maximum Gasteiger partial charge on any atom is 0.0696 e. The second-order valence-electron chi connectivity index (χ2n) is 3.21. The van der Waals surface area contributed by atoms with Crippen molar-refractivity contribution >= 4 is 44.0 Å². The lowest BCUT2D eigenvalue weighted by Crippen LogP contribution is -1.86. The first-order valence-electron chi connectivity index (χ1n) is 4.55. The summed E-state index contributed by atoms with van der Waals surface area (Å²) in [7, 11) is 0. The summed E-state index contributed by atoms with van der Waals surface area (Å²) >= 11 is 4.08. The Kier molecular flexibility index (Phi) is 3.09. The maximum atomic E-state index is 9.16. The molecule has 1 aromatic carbocycles. The lowest BCUT2D eigenvalue weighted by molar-refractivity contribution is 0.284. The number of aliphatic hydroxyl groups is 1. The van der Waals surface area contributed by atoms with E-state index in [-0.39, 0.29) is 6.61 Å². The van der Waals surface area contributed by atoms with Gasteiger partial charge in [-0.1, -0.05) is 6.92 Å². The van der Waals surface area contributed by atoms with Gasteiger partial charge in [-0.25, -0.2) is 0 Å². The Labute approximate surface area is 101 Å². The van der Waals surface area contributed by atoms with Crippen molar-refractivity contribution in [2.75, 3.05) is 0 Å². The van der Waals surface area contributed by atoms with E-state index in [1.165, 1.54) is 19.2 Å². The molecule has 1 aromatic heterocycles. The van der Waals surface area contributed by atoms with Gasteiger partial charge in [0.15, 0.2) is 0 Å². The summed E-state index contributed by atoms with van der Waals surface area (Å²) in [5, 5.41) is 12.4. The predicted molar refractivity (Wildman–Crippen MR) is 69.8 cm³/mol. The van der Waals surface area contributed by atoms with Gasteiger partial charge in [-0.3, -0.25) is 0 Å². The van der Waals surface area contributed by atoms with Crippen LogP contribution in [0.2, 0.25) is 0 Å². The highest BCUT2D eigenvalue weighted by Crippen LogP contribution is 2.30. The van der Waals surface area contributed by atoms with Gasteiger partial charge < -0.3 is 5.11 Å². The van der Waals surface area contributed by atoms with Crippen LogP contribution in [0, 0.1) is 3.57 Å². The summed E-state index contributed by atoms with van der Waals surface area (Å²) in [6.45, 7) is 2.30. The molecule has 0 unspecified atom stereocenters. The topological polar surface area (TPSA) is 20.2 Å². The maximum absolute atomic E-state index is 9.16. The second kappa shape index (κ2) is 4.16. The first kappa shape index (κ1) is 10.4. The molecular formula is C11H11IOS. The molecule has 0 amide bonds. The van der Waals surface area contributed by atoms with Crippen molar-refractivity contribution in [3.63, 3.8) is 0 Å². The number of hydrogen-bond donors (Lipinski definition) is 1. The Balaban J connectivity index is 2.70. The summed E-state index contributed by atoms with van der Waals surface area (Å²) < 4.78 is 2.60. The van der Waals surface area contributed by atoms with Crippen LogP contribution in [0.4, 0.5) is 0 Å². The number of halogens is 1. The summed E-state index contributed by atoms with van der Waals surface area (Å²) in [5.74, 6) is 0. The molecule has 0 saturated heterocycles. The van der Waals surface area contributed by atoms with Crippen molar-refractivity contribution in [2.24, 2.45) is 0 Å². The molecule has 0 aliphatic rings. The normalized spacial score (nSPS) is 11.1. The number of hydrogen-bond acceptors (Lipinski definition) is 2. The number of aliphatic hydroxyl groups excluding tert-OH is 1. The quantitative estimate of drug-likeness (QED) is 0.840. The van der Waals surface area contributed by atoms with E-state index in [0.29, 0.717) is 0 Å². The molecule has 1 N–H and O–H groups in total. The third-order valence-corrected chi connectivity index (χ3v) is 4.37. The van der Waals surface area contributed by atoms with Gasteiger partial charge in [0.05, 0.1) is 6.61 Å². The molecule has 0 fully saturated rings. The molecular weight excluding hydrogens is 307 g/mol. The minimum absolute atomic E-state index is 0.143. The molecule has 3 heteroatoms. The molecule has 0 saturated carbocycles. The van der Waals surface area contributed by atoms with E-state index in [1.54, 1.807) is 11.3 Å². The molecule has 0 aliphatic carbocycles. The van der Waals surface area contributed by atoms with Crippen LogP contribution in [0.15, 0.2) is 17.5 Å². The van der Waals surface area contributed by atoms with Gasteiger partial charge in [0.25, 0.3) is 0 Å². The van der Waals surface area contributed by atoms with E-state index in [2.05, 4.69) is 41.6 Å². The second-order valence-corrected chi connectivity index (χ2v) is 5.29. The summed E-state index contributed by atoms with van der Waals surface area (Å²) in [5.41, 5.74) is 2.42. The molecule has 74 valence electrons. The van der Waals surface area contributed by atoms with Crippen LogP contribution < -0.4 is 0 Å². The van der Waals surface area contributed by atoms with Crippen molar-refractivity contribution in [3.8, 4) is 0 Å². The van der Waals surface area contributed by atoms with E-state index >= 15 is 0 Å². The van der Waals surface area contributed by atoms with Crippen LogP contribution in [0.25, 0.3) is 10.1 Å². The van der Waals surface area contributed by atoms with Crippen molar-refractivity contribution in [2.45, 2.75) is 20.0 Å². The lowest BCUT2D eigenvalue weighted by atomic mass is 10.1. The smallest absolute Gasteiger partial charge is 0.0696 e. The fraction of sp³-hybridized carbons (Fsp3) is 0.273. The molecule has 0 radical (unpaired) electrons. The van der Waals surface area contributed by atoms with Crippen molar-refractivity contribution in [3.05, 3.63) is 32.2 Å². The number of rotatable bonds is 2. The first-order chi connectivity index (χ1) is 6.76. The Bertz CT molecular complexity index is 462. The summed E-state index contributed by atoms with van der Waals surface area (Å²) in [6.07, 6.45) is 1.05. The Hall–Kier alpha value is -0.130. The molecule has 14 heavy (non-hydrogen) atoms. The van der Waals surface area contributed by atoms with Crippen molar-refractivity contribution in [1.82, 2.24) is 0 Å². The van der Waals surface area contributed by atoms with Crippen molar-refractivity contribution < 1.29 is 5.11 Å². The predicted octanol–water partition coefficient (Wildman–Crippen LogP) is 3.56. The molecule has 0 aliphatic heterocycles. The SMILES string of the molecule is CCc1cc2c(CO)csc2cc1I. The molecule has 1 nitrogen and oxygen atoms in total. The highest BCUT2D eigenvalue weighted by molar-refractivity contribution is 14.1. The third kappa shape index (κ3) is 1.68. The first-order valence-corrected chi connectivity index (χ1v) is 6.51. The third-order valence-electron chi connectivity index (χ3n) is 2.37. The van der Waals surface area contributed by atoms with Gasteiger partial charge in [0.2, 0.25) is 0 Å². The fourth-order valence-corrected chi connectivity index (χ4v) is 3.57. The van der Waals surface area contributed by atoms with Gasteiger partial charge in [-0.05, 0) is 63.0 Å². The summed E-state index contributed by atoms with van der Waals surface area (Å²) in [4.78, 5) is 0. The molecule has 0 atom stereocenters. The van der Waals surface area contributed by atoms with Gasteiger partial charge in [-0.2, -0.15) is 0 Å². The molecule has 2 aromatic rings. The van der Waals surface area contributed by atoms with Crippen LogP contribution in [-0.2, 0) is 13.0 Å². The number of thiophene rings is 1. The largest absolute Gasteiger partial charge is 0.392 e. The van der Waals surface area contributed by atoms with E-state index in [0.717, 1.165) is 12.0 Å². The monoisotopic (exact) mass is 318 g/mol. The lowest BCUT2D eigenvalue weighted by Gasteiger charge is -2.02. The van der Waals surface area contributed by atoms with Gasteiger partial charge >= 0.3 is 0 Å². The van der Waals surface area contributed by atoms with Crippen LogP contribution in [0.5, 0.6) is 0 Å². The highest BCUT2D eigenvalue weighted by Gasteiger charge is 2.06. The Morgan fingerprint density at radius 1 is 1.36 bits per heavy atom. The Morgan fingerprint density at radius 2 is 2.14 bits per heavy atom. The van der Waals surface area contributed by atoms with Crippen molar-refractivity contribution in [1.29, 1.82) is 0 Å². The zero-order valence-electron chi connectivity index (χ0n) is 7.88. The average Bonchev–Trinajstić information content (AvgIpc) is 2.58. The minimum atomic E-state index is 0.143. The van der Waals surface area contributed by atoms with Gasteiger partial charge in [0, 0.05) is 8.27 Å². The standard InChI is InChI=1S/C11H11IOS/c1-2-7-3-9-8(5-13)6-14-11(9)4-10(7)12/h3-4,6,13H,2,5H2,1H3. The van der Waals surface area contributed by atoms with Gasteiger partial charge in [0.1, 0.15) is 0 Å². The van der Waals surface area contributed by atoms with Crippen LogP contribution in [0.1, 0.15) is 18.1 Å². The molecule has 0 spiro atoms. The van der Waals surface area contributed by atoms with Crippen LogP contribution in [0.3, 0.4) is 0 Å². The number of fused-ring (bicyclic) bond motifs is 1. The van der Waals surface area contributed by atoms with Crippen LogP contribution in [-0.4, -0.2) is 5.11 Å². The number of aryl methyl sites for hydroxylation is 1. The zero-order chi connectivity index (χ0) is 10.1. The average molecular weight is 318 g/mol. The minimum Gasteiger partial charge on any atom is -0.392 e. The zero-order valence-corrected chi connectivity index (χ0v) is 10.9. The molecule has 0 bridgehead atoms. The van der Waals surface area contributed by atoms with E-state index in [4.69, 9.17) is 5.11 Å². The number of benzene rings is 1. The van der Waals surface area contributed by atoms with E-state index < -0.39 is 0 Å². The van der Waals surface area contributed by atoms with Crippen LogP contribution >= 0.6 is 33.9 Å². The van der Waals surface area contributed by atoms with Gasteiger partial charge in [-0.15, -0.1) is 11.3 Å². The molecule has 1 heterocycles.